The highest BCUT2D eigenvalue weighted by Crippen LogP contribution is 2.16. The maximum Gasteiger partial charge on any atom is 0.349 e. The van der Waals surface area contributed by atoms with E-state index >= 15 is 0 Å². The number of H-pyrrole nitrogens is 1. The van der Waals surface area contributed by atoms with E-state index in [9.17, 15) is 4.79 Å². The fourth-order valence-electron chi connectivity index (χ4n) is 1.31. The zero-order chi connectivity index (χ0) is 12.4. The number of aromatic nitrogens is 3. The van der Waals surface area contributed by atoms with Crippen LogP contribution < -0.4 is 22.3 Å². The van der Waals surface area contributed by atoms with Crippen molar-refractivity contribution in [3.05, 3.63) is 34.7 Å². The molecular formula is C10H12N6O. The molecule has 1 aromatic carbocycles. The van der Waals surface area contributed by atoms with E-state index in [2.05, 4.69) is 15.0 Å². The number of rotatable bonds is 2. The summed E-state index contributed by atoms with van der Waals surface area (Å²) in [5, 5.41) is 1.18. The van der Waals surface area contributed by atoms with E-state index in [1.165, 1.54) is 5.01 Å². The van der Waals surface area contributed by atoms with Gasteiger partial charge in [-0.15, -0.1) is 0 Å². The van der Waals surface area contributed by atoms with Crippen molar-refractivity contribution in [1.29, 1.82) is 0 Å². The van der Waals surface area contributed by atoms with E-state index in [1.54, 1.807) is 31.3 Å². The summed E-state index contributed by atoms with van der Waals surface area (Å²) >= 11 is 0. The Labute approximate surface area is 97.1 Å². The fraction of sp³-hybridized carbons (Fsp3) is 0.100. The Morgan fingerprint density at radius 2 is 1.88 bits per heavy atom. The third-order valence-electron chi connectivity index (χ3n) is 2.14. The van der Waals surface area contributed by atoms with E-state index in [0.717, 1.165) is 5.56 Å². The molecule has 2 aromatic rings. The fourth-order valence-corrected chi connectivity index (χ4v) is 1.31. The van der Waals surface area contributed by atoms with Crippen molar-refractivity contribution in [2.75, 3.05) is 17.8 Å². The Hall–Kier alpha value is -2.41. The van der Waals surface area contributed by atoms with Gasteiger partial charge in [0.1, 0.15) is 5.82 Å². The molecule has 5 N–H and O–H groups in total. The van der Waals surface area contributed by atoms with Crippen molar-refractivity contribution in [3.63, 3.8) is 0 Å². The molecule has 0 unspecified atom stereocenters. The summed E-state index contributed by atoms with van der Waals surface area (Å²) < 4.78 is 0. The highest BCUT2D eigenvalue weighted by molar-refractivity contribution is 5.59. The minimum absolute atomic E-state index is 0.153. The van der Waals surface area contributed by atoms with Crippen LogP contribution in [0, 0.1) is 0 Å². The zero-order valence-electron chi connectivity index (χ0n) is 9.21. The zero-order valence-corrected chi connectivity index (χ0v) is 9.21. The number of nitrogen functional groups attached to an aromatic ring is 1. The molecule has 7 heteroatoms. The second-order valence-electron chi connectivity index (χ2n) is 3.54. The van der Waals surface area contributed by atoms with Gasteiger partial charge in [-0.05, 0) is 24.3 Å². The summed E-state index contributed by atoms with van der Waals surface area (Å²) in [7, 11) is 1.56. The monoisotopic (exact) mass is 232 g/mol. The summed E-state index contributed by atoms with van der Waals surface area (Å²) in [6.45, 7) is 0. The van der Waals surface area contributed by atoms with Crippen LogP contribution in [0.5, 0.6) is 0 Å². The van der Waals surface area contributed by atoms with Crippen LogP contribution in [0.25, 0.3) is 11.4 Å². The van der Waals surface area contributed by atoms with Crippen molar-refractivity contribution >= 4 is 11.6 Å². The number of anilines is 2. The number of hydrazine groups is 1. The predicted molar refractivity (Wildman–Crippen MR) is 65.1 cm³/mol. The first-order chi connectivity index (χ1) is 8.06. The van der Waals surface area contributed by atoms with Gasteiger partial charge in [-0.1, -0.05) is 0 Å². The van der Waals surface area contributed by atoms with E-state index < -0.39 is 5.69 Å². The van der Waals surface area contributed by atoms with E-state index in [1.807, 2.05) is 0 Å². The van der Waals surface area contributed by atoms with Crippen molar-refractivity contribution < 1.29 is 0 Å². The second-order valence-corrected chi connectivity index (χ2v) is 3.54. The molecule has 0 bridgehead atoms. The maximum atomic E-state index is 11.3. The molecule has 0 aliphatic rings. The lowest BCUT2D eigenvalue weighted by atomic mass is 10.2. The first kappa shape index (κ1) is 11.1. The molecule has 7 nitrogen and oxygen atoms in total. The van der Waals surface area contributed by atoms with E-state index in [-0.39, 0.29) is 5.95 Å². The highest BCUT2D eigenvalue weighted by Gasteiger charge is 2.06. The van der Waals surface area contributed by atoms with E-state index in [0.29, 0.717) is 11.5 Å². The molecule has 0 amide bonds. The molecule has 2 rings (SSSR count). The minimum Gasteiger partial charge on any atom is -0.399 e. The lowest BCUT2D eigenvalue weighted by Crippen LogP contribution is -2.30. The third kappa shape index (κ3) is 2.40. The van der Waals surface area contributed by atoms with Crippen LogP contribution >= 0.6 is 0 Å². The van der Waals surface area contributed by atoms with Crippen molar-refractivity contribution in [2.45, 2.75) is 0 Å². The molecule has 0 atom stereocenters. The Morgan fingerprint density at radius 3 is 2.47 bits per heavy atom. The van der Waals surface area contributed by atoms with Gasteiger partial charge in [0.05, 0.1) is 0 Å². The first-order valence-electron chi connectivity index (χ1n) is 4.89. The van der Waals surface area contributed by atoms with Crippen LogP contribution in [0.3, 0.4) is 0 Å². The van der Waals surface area contributed by atoms with Gasteiger partial charge >= 0.3 is 5.69 Å². The van der Waals surface area contributed by atoms with Gasteiger partial charge in [0.2, 0.25) is 5.95 Å². The van der Waals surface area contributed by atoms with Crippen molar-refractivity contribution in [2.24, 2.45) is 5.84 Å². The summed E-state index contributed by atoms with van der Waals surface area (Å²) in [5.41, 5.74) is 6.46. The van der Waals surface area contributed by atoms with Crippen LogP contribution in [0.2, 0.25) is 0 Å². The van der Waals surface area contributed by atoms with Crippen molar-refractivity contribution in [3.8, 4) is 11.4 Å². The van der Waals surface area contributed by atoms with Crippen LogP contribution in [-0.4, -0.2) is 22.0 Å². The molecule has 0 aliphatic heterocycles. The molecule has 0 fully saturated rings. The van der Waals surface area contributed by atoms with E-state index in [4.69, 9.17) is 11.6 Å². The normalized spacial score (nSPS) is 10.2. The standard InChI is InChI=1S/C10H12N6O/c1-16(12)9-13-8(14-10(17)15-9)6-2-4-7(11)5-3-6/h2-5H,11-12H2,1H3,(H,13,14,15,17). The molecule has 17 heavy (non-hydrogen) atoms. The van der Waals surface area contributed by atoms with Gasteiger partial charge in [-0.3, -0.25) is 9.99 Å². The molecule has 1 aromatic heterocycles. The average molecular weight is 232 g/mol. The smallest absolute Gasteiger partial charge is 0.349 e. The number of benzene rings is 1. The topological polar surface area (TPSA) is 114 Å². The van der Waals surface area contributed by atoms with Crippen molar-refractivity contribution in [1.82, 2.24) is 15.0 Å². The Morgan fingerprint density at radius 1 is 1.24 bits per heavy atom. The first-order valence-corrected chi connectivity index (χ1v) is 4.89. The number of nitrogens with two attached hydrogens (primary N) is 2. The number of nitrogens with zero attached hydrogens (tertiary/aromatic N) is 3. The van der Waals surface area contributed by atoms with Crippen LogP contribution in [0.15, 0.2) is 29.1 Å². The van der Waals surface area contributed by atoms with Gasteiger partial charge in [0.25, 0.3) is 0 Å². The second kappa shape index (κ2) is 4.22. The molecule has 88 valence electrons. The number of hydrogen-bond acceptors (Lipinski definition) is 6. The summed E-state index contributed by atoms with van der Waals surface area (Å²) in [4.78, 5) is 21.6. The Balaban J connectivity index is 2.52. The number of hydrogen-bond donors (Lipinski definition) is 3. The van der Waals surface area contributed by atoms with Gasteiger partial charge in [0, 0.05) is 18.3 Å². The Bertz CT molecular complexity index is 574. The molecule has 0 saturated carbocycles. The van der Waals surface area contributed by atoms with Gasteiger partial charge in [-0.25, -0.2) is 10.6 Å². The molecular weight excluding hydrogens is 220 g/mol. The summed E-state index contributed by atoms with van der Waals surface area (Å²) in [6.07, 6.45) is 0. The summed E-state index contributed by atoms with van der Waals surface area (Å²) in [6, 6.07) is 6.96. The largest absolute Gasteiger partial charge is 0.399 e. The SMILES string of the molecule is CN(N)c1nc(-c2ccc(N)cc2)[nH]c(=O)n1. The molecule has 0 spiro atoms. The third-order valence-corrected chi connectivity index (χ3v) is 2.14. The molecule has 0 aliphatic carbocycles. The van der Waals surface area contributed by atoms with Crippen LogP contribution in [0.4, 0.5) is 11.6 Å². The van der Waals surface area contributed by atoms with Gasteiger partial charge in [-0.2, -0.15) is 9.97 Å². The number of aromatic amines is 1. The lowest BCUT2D eigenvalue weighted by Gasteiger charge is -2.09. The quantitative estimate of drug-likeness (QED) is 0.373. The summed E-state index contributed by atoms with van der Waals surface area (Å²) in [5.74, 6) is 6.04. The molecule has 0 radical (unpaired) electrons. The van der Waals surface area contributed by atoms with Crippen LogP contribution in [-0.2, 0) is 0 Å². The Kier molecular flexibility index (Phi) is 2.75. The maximum absolute atomic E-state index is 11.3. The minimum atomic E-state index is -0.501. The predicted octanol–water partition coefficient (Wildman–Crippen LogP) is -0.276. The highest BCUT2D eigenvalue weighted by atomic mass is 16.1. The molecule has 0 saturated heterocycles. The molecule has 1 heterocycles. The van der Waals surface area contributed by atoms with Crippen LogP contribution in [0.1, 0.15) is 0 Å². The number of nitrogens with one attached hydrogen (secondary N) is 1. The average Bonchev–Trinajstić information content (AvgIpc) is 2.29. The van der Waals surface area contributed by atoms with Gasteiger partial charge < -0.3 is 5.73 Å². The lowest BCUT2D eigenvalue weighted by molar-refractivity contribution is 0.886. The van der Waals surface area contributed by atoms with Gasteiger partial charge in [0.15, 0.2) is 0 Å².